The summed E-state index contributed by atoms with van der Waals surface area (Å²) in [5.74, 6) is -0.501. The monoisotopic (exact) mass is 199 g/mol. The molecule has 1 aliphatic heterocycles. The van der Waals surface area contributed by atoms with E-state index in [1.807, 2.05) is 18.2 Å². The molecule has 0 spiro atoms. The number of amides is 2. The molecular formula is C12H9NO2. The van der Waals surface area contributed by atoms with Gasteiger partial charge in [0.05, 0.1) is 5.69 Å². The smallest absolute Gasteiger partial charge is 0.258 e. The van der Waals surface area contributed by atoms with Gasteiger partial charge in [0.25, 0.3) is 11.8 Å². The molecule has 3 nitrogen and oxygen atoms in total. The van der Waals surface area contributed by atoms with Gasteiger partial charge in [-0.1, -0.05) is 6.07 Å². The summed E-state index contributed by atoms with van der Waals surface area (Å²) < 4.78 is 0. The number of anilines is 1. The highest BCUT2D eigenvalue weighted by molar-refractivity contribution is 6.28. The maximum atomic E-state index is 11.4. The van der Waals surface area contributed by atoms with Crippen molar-refractivity contribution in [2.75, 3.05) is 4.90 Å². The SMILES string of the molecule is O=C1C=CC(=O)N1c1ccc2c(c1)CC2. The Kier molecular flexibility index (Phi) is 1.57. The standard InChI is InChI=1S/C12H9NO2/c14-11-5-6-12(15)13(11)10-4-3-8-1-2-9(8)7-10/h3-7H,1-2H2. The molecule has 15 heavy (non-hydrogen) atoms. The van der Waals surface area contributed by atoms with E-state index in [4.69, 9.17) is 0 Å². The average molecular weight is 199 g/mol. The molecule has 0 N–H and O–H groups in total. The number of fused-ring (bicyclic) bond motifs is 1. The molecule has 1 aromatic carbocycles. The molecule has 0 saturated carbocycles. The second-order valence-electron chi connectivity index (χ2n) is 3.80. The van der Waals surface area contributed by atoms with Crippen LogP contribution in [0.2, 0.25) is 0 Å². The van der Waals surface area contributed by atoms with Crippen molar-refractivity contribution in [2.24, 2.45) is 0 Å². The van der Waals surface area contributed by atoms with E-state index in [1.54, 1.807) is 0 Å². The molecule has 1 heterocycles. The van der Waals surface area contributed by atoms with Crippen molar-refractivity contribution in [3.8, 4) is 0 Å². The maximum absolute atomic E-state index is 11.4. The molecule has 0 fully saturated rings. The van der Waals surface area contributed by atoms with Crippen LogP contribution < -0.4 is 4.90 Å². The number of carbonyl (C=O) groups excluding carboxylic acids is 2. The number of nitrogens with zero attached hydrogens (tertiary/aromatic N) is 1. The van der Waals surface area contributed by atoms with Crippen LogP contribution in [0.5, 0.6) is 0 Å². The lowest BCUT2D eigenvalue weighted by Crippen LogP contribution is -2.30. The van der Waals surface area contributed by atoms with E-state index in [2.05, 4.69) is 0 Å². The average Bonchev–Trinajstić information content (AvgIpc) is 2.50. The Labute approximate surface area is 87.0 Å². The number of imide groups is 1. The van der Waals surface area contributed by atoms with Gasteiger partial charge in [-0.05, 0) is 36.1 Å². The fraction of sp³-hybridized carbons (Fsp3) is 0.167. The minimum atomic E-state index is -0.251. The highest BCUT2D eigenvalue weighted by atomic mass is 16.2. The van der Waals surface area contributed by atoms with Crippen molar-refractivity contribution < 1.29 is 9.59 Å². The van der Waals surface area contributed by atoms with Gasteiger partial charge in [-0.25, -0.2) is 4.90 Å². The van der Waals surface area contributed by atoms with E-state index in [1.165, 1.54) is 28.2 Å². The molecule has 2 aliphatic rings. The van der Waals surface area contributed by atoms with E-state index in [0.29, 0.717) is 5.69 Å². The summed E-state index contributed by atoms with van der Waals surface area (Å²) in [6.07, 6.45) is 4.77. The van der Waals surface area contributed by atoms with Gasteiger partial charge in [-0.3, -0.25) is 9.59 Å². The lowest BCUT2D eigenvalue weighted by Gasteiger charge is -2.22. The number of hydrogen-bond acceptors (Lipinski definition) is 2. The number of benzene rings is 1. The first-order chi connectivity index (χ1) is 7.25. The zero-order valence-electron chi connectivity index (χ0n) is 8.06. The molecule has 1 aromatic rings. The third-order valence-corrected chi connectivity index (χ3v) is 2.92. The van der Waals surface area contributed by atoms with Crippen molar-refractivity contribution in [3.05, 3.63) is 41.5 Å². The summed E-state index contributed by atoms with van der Waals surface area (Å²) in [6.45, 7) is 0. The molecule has 2 amide bonds. The highest BCUT2D eigenvalue weighted by Gasteiger charge is 2.26. The largest absolute Gasteiger partial charge is 0.269 e. The van der Waals surface area contributed by atoms with Crippen LogP contribution in [-0.2, 0) is 22.4 Å². The molecule has 1 aliphatic carbocycles. The Balaban J connectivity index is 2.02. The van der Waals surface area contributed by atoms with Crippen molar-refractivity contribution >= 4 is 17.5 Å². The predicted molar refractivity (Wildman–Crippen MR) is 55.5 cm³/mol. The summed E-state index contributed by atoms with van der Waals surface area (Å²) in [5, 5.41) is 0. The topological polar surface area (TPSA) is 37.4 Å². The quantitative estimate of drug-likeness (QED) is 0.637. The summed E-state index contributed by atoms with van der Waals surface area (Å²) in [4.78, 5) is 24.0. The van der Waals surface area contributed by atoms with Crippen LogP contribution in [0.25, 0.3) is 0 Å². The summed E-state index contributed by atoms with van der Waals surface area (Å²) >= 11 is 0. The maximum Gasteiger partial charge on any atom is 0.258 e. The Hall–Kier alpha value is -1.90. The fourth-order valence-corrected chi connectivity index (χ4v) is 1.98. The molecule has 0 bridgehead atoms. The molecular weight excluding hydrogens is 190 g/mol. The number of rotatable bonds is 1. The molecule has 0 radical (unpaired) electrons. The van der Waals surface area contributed by atoms with Gasteiger partial charge in [0.15, 0.2) is 0 Å². The van der Waals surface area contributed by atoms with Gasteiger partial charge in [0.1, 0.15) is 0 Å². The van der Waals surface area contributed by atoms with Crippen LogP contribution in [-0.4, -0.2) is 11.8 Å². The molecule has 0 aromatic heterocycles. The van der Waals surface area contributed by atoms with Crippen LogP contribution in [0.15, 0.2) is 30.4 Å². The molecule has 3 rings (SSSR count). The summed E-state index contributed by atoms with van der Waals surface area (Å²) in [5.41, 5.74) is 3.26. The first-order valence-electron chi connectivity index (χ1n) is 4.93. The van der Waals surface area contributed by atoms with Gasteiger partial charge in [0, 0.05) is 12.2 Å². The zero-order valence-corrected chi connectivity index (χ0v) is 8.06. The van der Waals surface area contributed by atoms with E-state index in [9.17, 15) is 9.59 Å². The zero-order chi connectivity index (χ0) is 10.4. The molecule has 74 valence electrons. The van der Waals surface area contributed by atoms with Crippen LogP contribution in [0.1, 0.15) is 11.1 Å². The van der Waals surface area contributed by atoms with Crippen molar-refractivity contribution in [1.29, 1.82) is 0 Å². The van der Waals surface area contributed by atoms with Crippen molar-refractivity contribution in [1.82, 2.24) is 0 Å². The number of aryl methyl sites for hydroxylation is 2. The van der Waals surface area contributed by atoms with Crippen LogP contribution in [0.4, 0.5) is 5.69 Å². The normalized spacial score (nSPS) is 18.0. The van der Waals surface area contributed by atoms with Gasteiger partial charge < -0.3 is 0 Å². The number of carbonyl (C=O) groups is 2. The van der Waals surface area contributed by atoms with Gasteiger partial charge in [0.2, 0.25) is 0 Å². The Morgan fingerprint density at radius 1 is 0.933 bits per heavy atom. The summed E-state index contributed by atoms with van der Waals surface area (Å²) in [7, 11) is 0. The van der Waals surface area contributed by atoms with Crippen LogP contribution in [0, 0.1) is 0 Å². The minimum absolute atomic E-state index is 0.251. The van der Waals surface area contributed by atoms with Crippen LogP contribution >= 0.6 is 0 Å². The van der Waals surface area contributed by atoms with Crippen LogP contribution in [0.3, 0.4) is 0 Å². The third kappa shape index (κ3) is 1.13. The second kappa shape index (κ2) is 2.79. The van der Waals surface area contributed by atoms with E-state index < -0.39 is 0 Å². The molecule has 0 unspecified atom stereocenters. The van der Waals surface area contributed by atoms with Gasteiger partial charge >= 0.3 is 0 Å². The third-order valence-electron chi connectivity index (χ3n) is 2.92. The van der Waals surface area contributed by atoms with Crippen molar-refractivity contribution in [3.63, 3.8) is 0 Å². The Bertz CT molecular complexity index is 484. The lowest BCUT2D eigenvalue weighted by atomic mass is 9.88. The predicted octanol–water partition coefficient (Wildman–Crippen LogP) is 1.21. The minimum Gasteiger partial charge on any atom is -0.269 e. The van der Waals surface area contributed by atoms with Gasteiger partial charge in [-0.15, -0.1) is 0 Å². The Morgan fingerprint density at radius 2 is 1.60 bits per heavy atom. The van der Waals surface area contributed by atoms with Gasteiger partial charge in [-0.2, -0.15) is 0 Å². The highest BCUT2D eigenvalue weighted by Crippen LogP contribution is 2.28. The fourth-order valence-electron chi connectivity index (χ4n) is 1.98. The first-order valence-corrected chi connectivity index (χ1v) is 4.93. The first kappa shape index (κ1) is 8.41. The lowest BCUT2D eigenvalue weighted by molar-refractivity contribution is -0.119. The molecule has 0 atom stereocenters. The Morgan fingerprint density at radius 3 is 2.13 bits per heavy atom. The van der Waals surface area contributed by atoms with E-state index in [-0.39, 0.29) is 11.8 Å². The van der Waals surface area contributed by atoms with Crippen molar-refractivity contribution in [2.45, 2.75) is 12.8 Å². The second-order valence-corrected chi connectivity index (χ2v) is 3.80. The van der Waals surface area contributed by atoms with E-state index >= 15 is 0 Å². The van der Waals surface area contributed by atoms with E-state index in [0.717, 1.165) is 12.8 Å². The summed E-state index contributed by atoms with van der Waals surface area (Å²) in [6, 6.07) is 5.76. The molecule has 0 saturated heterocycles. The molecule has 3 heteroatoms. The number of hydrogen-bond donors (Lipinski definition) is 0.